The molecule has 0 aliphatic carbocycles. The van der Waals surface area contributed by atoms with Crippen LogP contribution in [0.4, 0.5) is 0 Å². The fourth-order valence-corrected chi connectivity index (χ4v) is 0. The van der Waals surface area contributed by atoms with Gasteiger partial charge >= 0.3 is 91.8 Å². The maximum atomic E-state index is 8.52. The first-order valence-electron chi connectivity index (χ1n) is 1.84. The summed E-state index contributed by atoms with van der Waals surface area (Å²) in [5.74, 6) is 0. The van der Waals surface area contributed by atoms with Gasteiger partial charge in [-0.15, -0.1) is 0 Å². The molecule has 0 aromatic heterocycles. The molecule has 0 rings (SSSR count). The standard InChI is InChI=1S/Al.K.Mg.3O3Si/c;;;3*1-4(2)3/q+3;+1;+2;3*-2. The zero-order valence-electron chi connectivity index (χ0n) is 7.46. The molecule has 0 fully saturated rings. The third-order valence-electron chi connectivity index (χ3n) is 0. The molecule has 0 atom stereocenters. The van der Waals surface area contributed by atoms with Crippen LogP contribution in [0.5, 0.6) is 0 Å². The van der Waals surface area contributed by atoms with E-state index in [1.165, 1.54) is 0 Å². The number of hydrogen-bond acceptors (Lipinski definition) is 9. The molecule has 0 aromatic rings. The van der Waals surface area contributed by atoms with Crippen LogP contribution in [0.15, 0.2) is 0 Å². The second kappa shape index (κ2) is 29.7. The molecule has 0 unspecified atom stereocenters. The van der Waals surface area contributed by atoms with Gasteiger partial charge in [-0.05, 0) is 0 Å². The Morgan fingerprint density at radius 2 is 0.600 bits per heavy atom. The SMILES string of the molecule is O=[Si]([O-])[O-].O=[Si]([O-])[O-].O=[Si]([O-])[O-].[Al+3].[K+].[Mg+2]. The fraction of sp³-hybridized carbons (Fsp3) is 0. The van der Waals surface area contributed by atoms with Crippen LogP contribution < -0.4 is 80.2 Å². The van der Waals surface area contributed by atoms with Crippen molar-refractivity contribution in [2.24, 2.45) is 0 Å². The molecule has 0 N–H and O–H groups in total. The Kier molecular flexibility index (Phi) is 71.1. The minimum Gasteiger partial charge on any atom is -0.672 e. The minimum atomic E-state index is -3.63. The average Bonchev–Trinajstić information content (AvgIpc) is 1.54. The Balaban J connectivity index is -0.0000000184. The predicted octanol–water partition coefficient (Wildman–Crippen LogP) is -12.4. The van der Waals surface area contributed by atoms with Crippen LogP contribution in [-0.4, -0.2) is 67.9 Å². The first kappa shape index (κ1) is 36.0. The van der Waals surface area contributed by atoms with Gasteiger partial charge in [0.2, 0.25) is 0 Å². The van der Waals surface area contributed by atoms with Gasteiger partial charge in [0.15, 0.2) is 0 Å². The van der Waals surface area contributed by atoms with Crippen LogP contribution in [-0.2, 0) is 13.4 Å². The fourth-order valence-electron chi connectivity index (χ4n) is 0. The van der Waals surface area contributed by atoms with E-state index < -0.39 is 27.5 Å². The first-order chi connectivity index (χ1) is 5.20. The van der Waals surface area contributed by atoms with Gasteiger partial charge in [0, 0.05) is 27.5 Å². The van der Waals surface area contributed by atoms with E-state index in [1.807, 2.05) is 0 Å². The summed E-state index contributed by atoms with van der Waals surface area (Å²) < 4.78 is 25.6. The second-order valence-electron chi connectivity index (χ2n) is 0.750. The predicted molar refractivity (Wildman–Crippen MR) is 30.8 cm³/mol. The molecule has 0 aliphatic heterocycles. The van der Waals surface area contributed by atoms with Crippen molar-refractivity contribution in [1.82, 2.24) is 0 Å². The normalized spacial score (nSPS) is 4.80. The number of rotatable bonds is 0. The molecule has 0 heterocycles. The Hall–Kier alpha value is 1.79. The van der Waals surface area contributed by atoms with Crippen LogP contribution in [0, 0.1) is 0 Å². The summed E-state index contributed by atoms with van der Waals surface area (Å²) in [6, 6.07) is 0. The third kappa shape index (κ3) is 941. The molecule has 15 heavy (non-hydrogen) atoms. The van der Waals surface area contributed by atoms with Crippen LogP contribution in [0.3, 0.4) is 0 Å². The summed E-state index contributed by atoms with van der Waals surface area (Å²) in [7, 11) is -10.9. The third-order valence-corrected chi connectivity index (χ3v) is 0. The first-order valence-corrected chi connectivity index (χ1v) is 5.51. The van der Waals surface area contributed by atoms with Crippen molar-refractivity contribution in [3.63, 3.8) is 0 Å². The number of hydrogen-bond donors (Lipinski definition) is 0. The van der Waals surface area contributed by atoms with E-state index in [0.29, 0.717) is 0 Å². The van der Waals surface area contributed by atoms with Crippen molar-refractivity contribution < 1.29 is 93.5 Å². The van der Waals surface area contributed by atoms with Gasteiger partial charge in [-0.25, -0.2) is 0 Å². The quantitative estimate of drug-likeness (QED) is 0.390. The Morgan fingerprint density at radius 1 is 0.600 bits per heavy atom. The van der Waals surface area contributed by atoms with E-state index in [2.05, 4.69) is 0 Å². The van der Waals surface area contributed by atoms with Crippen molar-refractivity contribution >= 4 is 67.9 Å². The molecular weight excluding hydrogens is 319 g/mol. The zero-order valence-corrected chi connectivity index (χ0v) is 16.2. The van der Waals surface area contributed by atoms with Gasteiger partial charge in [-0.1, -0.05) is 0 Å². The van der Waals surface area contributed by atoms with Crippen LogP contribution in [0.2, 0.25) is 0 Å². The maximum absolute atomic E-state index is 8.52. The van der Waals surface area contributed by atoms with E-state index in [-0.39, 0.29) is 91.8 Å². The topological polar surface area (TPSA) is 190 Å². The molecule has 0 amide bonds. The van der Waals surface area contributed by atoms with Crippen LogP contribution in [0.25, 0.3) is 0 Å². The van der Waals surface area contributed by atoms with Crippen molar-refractivity contribution in [2.45, 2.75) is 0 Å². The minimum absolute atomic E-state index is 0. The molecule has 72 valence electrons. The molecule has 0 saturated heterocycles. The van der Waals surface area contributed by atoms with Crippen molar-refractivity contribution in [2.75, 3.05) is 0 Å². The summed E-state index contributed by atoms with van der Waals surface area (Å²) in [5, 5.41) is 0. The van der Waals surface area contributed by atoms with E-state index in [0.717, 1.165) is 0 Å². The molecule has 0 aromatic carbocycles. The second-order valence-corrected chi connectivity index (χ2v) is 2.25. The van der Waals surface area contributed by atoms with Gasteiger partial charge in [0.05, 0.1) is 0 Å². The average molecular weight is 319 g/mol. The van der Waals surface area contributed by atoms with E-state index in [1.54, 1.807) is 0 Å². The van der Waals surface area contributed by atoms with E-state index in [9.17, 15) is 0 Å². The van der Waals surface area contributed by atoms with E-state index in [4.69, 9.17) is 42.2 Å². The van der Waals surface area contributed by atoms with Gasteiger partial charge in [-0.2, -0.15) is 0 Å². The summed E-state index contributed by atoms with van der Waals surface area (Å²) in [4.78, 5) is 51.1. The van der Waals surface area contributed by atoms with Crippen LogP contribution >= 0.6 is 0 Å². The summed E-state index contributed by atoms with van der Waals surface area (Å²) in [5.41, 5.74) is 0. The smallest absolute Gasteiger partial charge is 0.672 e. The van der Waals surface area contributed by atoms with Crippen LogP contribution in [0.1, 0.15) is 0 Å². The largest absolute Gasteiger partial charge is 3.00 e. The Labute approximate surface area is 159 Å². The van der Waals surface area contributed by atoms with Gasteiger partial charge in [-0.3, -0.25) is 0 Å². The Morgan fingerprint density at radius 3 is 0.600 bits per heavy atom. The monoisotopic (exact) mass is 318 g/mol. The zero-order chi connectivity index (χ0) is 10.7. The summed E-state index contributed by atoms with van der Waals surface area (Å²) in [6.45, 7) is 0. The summed E-state index contributed by atoms with van der Waals surface area (Å²) in [6.07, 6.45) is 0. The molecule has 0 saturated carbocycles. The summed E-state index contributed by atoms with van der Waals surface area (Å²) >= 11 is 0. The van der Waals surface area contributed by atoms with Gasteiger partial charge < -0.3 is 42.2 Å². The molecule has 0 radical (unpaired) electrons. The molecule has 0 bridgehead atoms. The van der Waals surface area contributed by atoms with Crippen molar-refractivity contribution in [3.05, 3.63) is 0 Å². The van der Waals surface area contributed by atoms with E-state index >= 15 is 0 Å². The Bertz CT molecular complexity index is 123. The molecule has 0 aliphatic rings. The molecule has 9 nitrogen and oxygen atoms in total. The molecule has 15 heteroatoms. The molecular formula is AlKMgO9Si3. The van der Waals surface area contributed by atoms with Crippen molar-refractivity contribution in [3.8, 4) is 0 Å². The maximum Gasteiger partial charge on any atom is 3.00 e. The van der Waals surface area contributed by atoms with Crippen molar-refractivity contribution in [1.29, 1.82) is 0 Å². The van der Waals surface area contributed by atoms with Gasteiger partial charge in [0.25, 0.3) is 0 Å². The van der Waals surface area contributed by atoms with Gasteiger partial charge in [0.1, 0.15) is 0 Å². The molecule has 0 spiro atoms.